The van der Waals surface area contributed by atoms with Crippen LogP contribution in [0.4, 0.5) is 0 Å². The van der Waals surface area contributed by atoms with Crippen molar-refractivity contribution in [3.8, 4) is 55.9 Å². The number of benzene rings is 10. The molecule has 0 aliphatic heterocycles. The second-order valence-electron chi connectivity index (χ2n) is 15.7. The molecule has 1 aliphatic carbocycles. The van der Waals surface area contributed by atoms with E-state index in [0.717, 1.165) is 11.4 Å². The number of hydrogen-bond donors (Lipinski definition) is 0. The van der Waals surface area contributed by atoms with Gasteiger partial charge in [0.25, 0.3) is 0 Å². The first-order valence-electron chi connectivity index (χ1n) is 20.1. The molecule has 0 saturated heterocycles. The van der Waals surface area contributed by atoms with Crippen molar-refractivity contribution < 1.29 is 0 Å². The van der Waals surface area contributed by atoms with Crippen LogP contribution < -0.4 is 0 Å². The number of hydrogen-bond acceptors (Lipinski definition) is 0. The summed E-state index contributed by atoms with van der Waals surface area (Å²) in [4.78, 5) is 0. The highest BCUT2D eigenvalue weighted by atomic mass is 15.0. The summed E-state index contributed by atoms with van der Waals surface area (Å²) in [5.41, 5.74) is 17.3. The lowest BCUT2D eigenvalue weighted by molar-refractivity contribution is 1.18. The normalized spacial score (nSPS) is 12.1. The van der Waals surface area contributed by atoms with E-state index in [9.17, 15) is 0 Å². The first kappa shape index (κ1) is 31.5. The number of rotatable bonds is 4. The number of nitrogens with zero attached hydrogens (tertiary/aromatic N) is 2. The summed E-state index contributed by atoms with van der Waals surface area (Å²) in [6.45, 7) is 0. The first-order chi connectivity index (χ1) is 28.8. The molecule has 0 unspecified atom stereocenters. The molecule has 0 radical (unpaired) electrons. The van der Waals surface area contributed by atoms with Crippen LogP contribution in [0.25, 0.3) is 121 Å². The van der Waals surface area contributed by atoms with E-state index in [4.69, 9.17) is 0 Å². The van der Waals surface area contributed by atoms with Gasteiger partial charge in [-0.1, -0.05) is 158 Å². The van der Waals surface area contributed by atoms with E-state index < -0.39 is 0 Å². The Balaban J connectivity index is 0.992. The van der Waals surface area contributed by atoms with Crippen LogP contribution in [-0.4, -0.2) is 9.13 Å². The van der Waals surface area contributed by atoms with Crippen LogP contribution in [-0.2, 0) is 0 Å². The standard InChI is InChI=1S/C56H34N2/c1-2-11-35(12-3-1)36-21-27-40(28-22-36)57-51-20-9-8-17-45(51)46-31-25-39(33-53(46)57)37-23-29-41(30-24-37)58-52-32-26-38-13-4-5-14-42(38)55(52)50-34-49-44-16-7-6-15-43(44)47-18-10-19-48(54(47)49)56(50)58/h1-34H. The van der Waals surface area contributed by atoms with Crippen molar-refractivity contribution in [3.63, 3.8) is 0 Å². The molecule has 13 rings (SSSR count). The van der Waals surface area contributed by atoms with Crippen LogP contribution in [0.2, 0.25) is 0 Å². The Hall–Kier alpha value is -7.68. The van der Waals surface area contributed by atoms with Crippen molar-refractivity contribution in [2.45, 2.75) is 0 Å². The molecular weight excluding hydrogens is 701 g/mol. The van der Waals surface area contributed by atoms with Crippen LogP contribution >= 0.6 is 0 Å². The van der Waals surface area contributed by atoms with Gasteiger partial charge in [0, 0.05) is 38.3 Å². The highest BCUT2D eigenvalue weighted by Gasteiger charge is 2.26. The SMILES string of the molecule is c1ccc(-c2ccc(-n3c4ccccc4c4ccc(-c5ccc(-n6c7ccc8ccccc8c7c7cc8c9c(cccc9c76)-c6ccccc6-8)cc5)cc43)cc2)cc1. The highest BCUT2D eigenvalue weighted by molar-refractivity contribution is 6.31. The molecule has 1 aliphatic rings. The third-order valence-electron chi connectivity index (χ3n) is 12.6. The Labute approximate surface area is 335 Å². The molecule has 268 valence electrons. The minimum absolute atomic E-state index is 1.16. The minimum atomic E-state index is 1.16. The Kier molecular flexibility index (Phi) is 6.47. The summed E-state index contributed by atoms with van der Waals surface area (Å²) < 4.78 is 4.92. The van der Waals surface area contributed by atoms with E-state index in [1.54, 1.807) is 0 Å². The van der Waals surface area contributed by atoms with Crippen molar-refractivity contribution in [1.82, 2.24) is 9.13 Å². The van der Waals surface area contributed by atoms with E-state index in [1.165, 1.54) is 110 Å². The molecule has 12 aromatic rings. The van der Waals surface area contributed by atoms with Gasteiger partial charge in [0.2, 0.25) is 0 Å². The van der Waals surface area contributed by atoms with E-state index in [-0.39, 0.29) is 0 Å². The lowest BCUT2D eigenvalue weighted by atomic mass is 9.97. The van der Waals surface area contributed by atoms with Crippen molar-refractivity contribution in [3.05, 3.63) is 206 Å². The van der Waals surface area contributed by atoms with Gasteiger partial charge in [0.05, 0.1) is 22.1 Å². The lowest BCUT2D eigenvalue weighted by Crippen LogP contribution is -1.95. The molecule has 0 bridgehead atoms. The highest BCUT2D eigenvalue weighted by Crippen LogP contribution is 2.51. The first-order valence-corrected chi connectivity index (χ1v) is 20.1. The molecule has 0 amide bonds. The number of aromatic nitrogens is 2. The molecule has 58 heavy (non-hydrogen) atoms. The van der Waals surface area contributed by atoms with E-state index in [2.05, 4.69) is 215 Å². The smallest absolute Gasteiger partial charge is 0.0620 e. The fourth-order valence-corrected chi connectivity index (χ4v) is 10.1. The second-order valence-corrected chi connectivity index (χ2v) is 15.7. The summed E-state index contributed by atoms with van der Waals surface area (Å²) in [6, 6.07) is 76.1. The van der Waals surface area contributed by atoms with Crippen molar-refractivity contribution in [1.29, 1.82) is 0 Å². The zero-order valence-corrected chi connectivity index (χ0v) is 31.5. The zero-order valence-electron chi connectivity index (χ0n) is 31.5. The zero-order chi connectivity index (χ0) is 37.9. The molecule has 2 heteroatoms. The maximum Gasteiger partial charge on any atom is 0.0620 e. The Bertz CT molecular complexity index is 3640. The lowest BCUT2D eigenvalue weighted by Gasteiger charge is -2.13. The maximum atomic E-state index is 2.51. The van der Waals surface area contributed by atoms with E-state index in [0.29, 0.717) is 0 Å². The van der Waals surface area contributed by atoms with Gasteiger partial charge in [-0.2, -0.15) is 0 Å². The fraction of sp³-hybridized carbons (Fsp3) is 0. The Morgan fingerprint density at radius 1 is 0.259 bits per heavy atom. The largest absolute Gasteiger partial charge is 0.309 e. The second kappa shape index (κ2) is 11.9. The topological polar surface area (TPSA) is 9.86 Å². The average molecular weight is 735 g/mol. The van der Waals surface area contributed by atoms with Gasteiger partial charge >= 0.3 is 0 Å². The molecule has 0 N–H and O–H groups in total. The van der Waals surface area contributed by atoms with Crippen LogP contribution in [0.1, 0.15) is 0 Å². The van der Waals surface area contributed by atoms with Gasteiger partial charge in [0.1, 0.15) is 0 Å². The Morgan fingerprint density at radius 2 is 0.845 bits per heavy atom. The van der Waals surface area contributed by atoms with Gasteiger partial charge in [-0.05, 0) is 109 Å². The summed E-state index contributed by atoms with van der Waals surface area (Å²) in [5, 5.41) is 10.3. The van der Waals surface area contributed by atoms with Crippen LogP contribution in [0, 0.1) is 0 Å². The molecule has 0 saturated carbocycles. The summed E-state index contributed by atoms with van der Waals surface area (Å²) >= 11 is 0. The summed E-state index contributed by atoms with van der Waals surface area (Å²) in [6.07, 6.45) is 0. The number of para-hydroxylation sites is 1. The molecule has 10 aromatic carbocycles. The predicted molar refractivity (Wildman–Crippen MR) is 245 cm³/mol. The maximum absolute atomic E-state index is 2.51. The van der Waals surface area contributed by atoms with Gasteiger partial charge in [-0.3, -0.25) is 0 Å². The van der Waals surface area contributed by atoms with Crippen molar-refractivity contribution in [2.75, 3.05) is 0 Å². The van der Waals surface area contributed by atoms with Crippen molar-refractivity contribution in [2.24, 2.45) is 0 Å². The third kappa shape index (κ3) is 4.37. The van der Waals surface area contributed by atoms with Gasteiger partial charge in [0.15, 0.2) is 0 Å². The molecule has 0 fully saturated rings. The van der Waals surface area contributed by atoms with E-state index in [1.807, 2.05) is 0 Å². The summed E-state index contributed by atoms with van der Waals surface area (Å²) in [5.74, 6) is 0. The molecule has 2 aromatic heterocycles. The predicted octanol–water partition coefficient (Wildman–Crippen LogP) is 15.2. The van der Waals surface area contributed by atoms with E-state index >= 15 is 0 Å². The van der Waals surface area contributed by atoms with Crippen LogP contribution in [0.15, 0.2) is 206 Å². The van der Waals surface area contributed by atoms with Crippen molar-refractivity contribution >= 4 is 65.2 Å². The molecular formula is C56H34N2. The molecule has 2 nitrogen and oxygen atoms in total. The van der Waals surface area contributed by atoms with Crippen LogP contribution in [0.5, 0.6) is 0 Å². The quantitative estimate of drug-likeness (QED) is 0.170. The van der Waals surface area contributed by atoms with Gasteiger partial charge in [-0.15, -0.1) is 0 Å². The van der Waals surface area contributed by atoms with Gasteiger partial charge < -0.3 is 9.13 Å². The molecule has 0 spiro atoms. The Morgan fingerprint density at radius 3 is 1.66 bits per heavy atom. The monoisotopic (exact) mass is 734 g/mol. The minimum Gasteiger partial charge on any atom is -0.309 e. The average Bonchev–Trinajstić information content (AvgIpc) is 3.93. The third-order valence-corrected chi connectivity index (χ3v) is 12.6. The fourth-order valence-electron chi connectivity index (χ4n) is 10.1. The number of fused-ring (bicyclic) bond motifs is 12. The van der Waals surface area contributed by atoms with Crippen LogP contribution in [0.3, 0.4) is 0 Å². The molecule has 0 atom stereocenters. The molecule has 2 heterocycles. The summed E-state index contributed by atoms with van der Waals surface area (Å²) in [7, 11) is 0. The van der Waals surface area contributed by atoms with Gasteiger partial charge in [-0.25, -0.2) is 0 Å².